The SMILES string of the molecule is [2H]c1nc(-c2cc(-c3cccc4c3nc(-c3cc(C)cc(C(C)(C)C)c3O)n4-c3ccc(C(C([2H])([2H])[2H])(C([2H])([2H])[2H])C([2H])([2H])[2H])cc3-c3ccccc3)cc(C(C)(C)C)c2)c([2H])c(-c2c([2H])c([2H])c(C([2H])([2H])[2H])c([2H])c2[2H])c1[2H]. The lowest BCUT2D eigenvalue weighted by molar-refractivity contribution is 0.448. The monoisotopic (exact) mass is 807 g/mol. The van der Waals surface area contributed by atoms with Crippen molar-refractivity contribution in [2.45, 2.75) is 92.1 Å². The van der Waals surface area contributed by atoms with E-state index in [1.807, 2.05) is 60.6 Å². The number of phenolic OH excluding ortho intramolecular Hbond substituents is 1. The van der Waals surface area contributed by atoms with Gasteiger partial charge in [0.15, 0.2) is 0 Å². The Morgan fingerprint density at radius 1 is 0.600 bits per heavy atom. The molecule has 0 aliphatic heterocycles. The van der Waals surface area contributed by atoms with Crippen LogP contribution in [-0.2, 0) is 16.2 Å². The van der Waals surface area contributed by atoms with Gasteiger partial charge in [-0.1, -0.05) is 152 Å². The molecular weight excluding hydrogens is 731 g/mol. The van der Waals surface area contributed by atoms with Crippen molar-refractivity contribution in [1.82, 2.24) is 14.5 Å². The molecule has 0 spiro atoms. The molecule has 8 aromatic rings. The number of aryl methyl sites for hydroxylation is 1. The van der Waals surface area contributed by atoms with Gasteiger partial charge in [0, 0.05) is 44.9 Å². The van der Waals surface area contributed by atoms with Gasteiger partial charge in [0.1, 0.15) is 11.6 Å². The second kappa shape index (κ2) is 15.1. The smallest absolute Gasteiger partial charge is 0.149 e. The maximum absolute atomic E-state index is 12.4. The van der Waals surface area contributed by atoms with Crippen molar-refractivity contribution in [2.24, 2.45) is 0 Å². The molecule has 2 aromatic heterocycles. The Balaban J connectivity index is 1.50. The van der Waals surface area contributed by atoms with Crippen molar-refractivity contribution in [3.63, 3.8) is 0 Å². The second-order valence-electron chi connectivity index (χ2n) is 17.2. The minimum Gasteiger partial charge on any atom is -0.507 e. The molecule has 0 radical (unpaired) electrons. The van der Waals surface area contributed by atoms with Crippen LogP contribution in [0.1, 0.15) is 116 Å². The first-order valence-corrected chi connectivity index (χ1v) is 19.6. The van der Waals surface area contributed by atoms with Gasteiger partial charge in [-0.15, -0.1) is 0 Å². The van der Waals surface area contributed by atoms with Crippen molar-refractivity contribution in [2.75, 3.05) is 0 Å². The predicted molar refractivity (Wildman–Crippen MR) is 253 cm³/mol. The highest BCUT2D eigenvalue weighted by atomic mass is 16.3. The molecule has 0 saturated carbocycles. The van der Waals surface area contributed by atoms with Crippen LogP contribution in [0.5, 0.6) is 5.75 Å². The molecule has 6 aromatic carbocycles. The molecule has 0 fully saturated rings. The van der Waals surface area contributed by atoms with E-state index in [-0.39, 0.29) is 34.0 Å². The molecule has 0 unspecified atom stereocenters. The molecule has 1 N–H and O–H groups in total. The van der Waals surface area contributed by atoms with Crippen LogP contribution < -0.4 is 0 Å². The maximum atomic E-state index is 12.4. The molecule has 0 amide bonds. The molecule has 8 rings (SSSR count). The van der Waals surface area contributed by atoms with Gasteiger partial charge < -0.3 is 5.11 Å². The van der Waals surface area contributed by atoms with Gasteiger partial charge in [0.25, 0.3) is 0 Å². The van der Waals surface area contributed by atoms with Crippen LogP contribution in [0.15, 0.2) is 139 Å². The number of phenols is 1. The van der Waals surface area contributed by atoms with Crippen LogP contribution in [0.25, 0.3) is 72.7 Å². The molecule has 0 bridgehead atoms. The van der Waals surface area contributed by atoms with Crippen LogP contribution in [0.2, 0.25) is 0 Å². The van der Waals surface area contributed by atoms with Gasteiger partial charge in [-0.3, -0.25) is 9.55 Å². The quantitative estimate of drug-likeness (QED) is 0.182. The normalized spacial score (nSPS) is 17.8. The summed E-state index contributed by atoms with van der Waals surface area (Å²) in [6.45, 7) is -0.185. The fourth-order valence-corrected chi connectivity index (χ4v) is 7.46. The highest BCUT2D eigenvalue weighted by Crippen LogP contribution is 2.45. The van der Waals surface area contributed by atoms with Crippen molar-refractivity contribution >= 4 is 11.0 Å². The number of aromatic hydroxyl groups is 1. The fraction of sp³-hybridized carbons (Fsp3) is 0.250. The molecule has 4 heteroatoms. The molecule has 302 valence electrons. The van der Waals surface area contributed by atoms with E-state index in [1.165, 1.54) is 18.2 Å². The van der Waals surface area contributed by atoms with Gasteiger partial charge in [-0.05, 0) is 117 Å². The van der Waals surface area contributed by atoms with Gasteiger partial charge >= 0.3 is 0 Å². The van der Waals surface area contributed by atoms with E-state index >= 15 is 0 Å². The van der Waals surface area contributed by atoms with Crippen molar-refractivity contribution in [3.05, 3.63) is 167 Å². The van der Waals surface area contributed by atoms with Crippen LogP contribution in [-0.4, -0.2) is 19.6 Å². The van der Waals surface area contributed by atoms with Crippen LogP contribution in [0, 0.1) is 13.8 Å². The Kier molecular flexibility index (Phi) is 5.91. The van der Waals surface area contributed by atoms with Crippen molar-refractivity contribution < 1.29 is 31.2 Å². The number of hydrogen-bond acceptors (Lipinski definition) is 3. The summed E-state index contributed by atoms with van der Waals surface area (Å²) in [7, 11) is 0. The third-order valence-corrected chi connectivity index (χ3v) is 10.6. The number of nitrogens with zero attached hydrogens (tertiary/aromatic N) is 3. The number of hydrogen-bond donors (Lipinski definition) is 1. The van der Waals surface area contributed by atoms with Crippen molar-refractivity contribution in [1.29, 1.82) is 0 Å². The van der Waals surface area contributed by atoms with E-state index < -0.39 is 108 Å². The second-order valence-corrected chi connectivity index (χ2v) is 17.2. The standard InChI is InChI=1S/C56H57N3O/c1-35-20-22-37(23-21-35)39-26-27-57-48(33-39)41-30-40(31-43(32-41)55(6,7)8)44-18-15-19-50-51(44)58-53(46-28-36(2)29-47(52(46)60)56(9,10)11)59(50)49-25-24-42(54(3,4)5)34-45(49)38-16-13-12-14-17-38/h12-34,60H,1-11H3/i1D3,3D3,4D3,5D3,20D,21D,22D,23D,26D,27D,33D. The van der Waals surface area contributed by atoms with Crippen LogP contribution in [0.4, 0.5) is 0 Å². The molecular formula is C56H57N3O. The number of para-hydroxylation sites is 1. The maximum Gasteiger partial charge on any atom is 0.149 e. The first-order chi connectivity index (χ1) is 36.2. The van der Waals surface area contributed by atoms with E-state index in [1.54, 1.807) is 71.3 Å². The highest BCUT2D eigenvalue weighted by molar-refractivity contribution is 5.98. The van der Waals surface area contributed by atoms with Crippen molar-refractivity contribution in [3.8, 4) is 67.5 Å². The average Bonchev–Trinajstić information content (AvgIpc) is 3.92. The Labute approximate surface area is 383 Å². The van der Waals surface area contributed by atoms with Gasteiger partial charge in [0.2, 0.25) is 0 Å². The zero-order valence-corrected chi connectivity index (χ0v) is 34.5. The Morgan fingerprint density at radius 2 is 1.35 bits per heavy atom. The largest absolute Gasteiger partial charge is 0.507 e. The summed E-state index contributed by atoms with van der Waals surface area (Å²) in [6.07, 6.45) is -0.660. The molecule has 2 heterocycles. The van der Waals surface area contributed by atoms with E-state index in [2.05, 4.69) is 4.98 Å². The van der Waals surface area contributed by atoms with E-state index in [0.29, 0.717) is 44.5 Å². The minimum atomic E-state index is -3.57. The summed E-state index contributed by atoms with van der Waals surface area (Å²) < 4.78 is 165. The minimum absolute atomic E-state index is 0.0963. The third kappa shape index (κ3) is 7.79. The Bertz CT molecular complexity index is 3680. The van der Waals surface area contributed by atoms with Gasteiger partial charge in [-0.2, -0.15) is 0 Å². The average molecular weight is 807 g/mol. The summed E-state index contributed by atoms with van der Waals surface area (Å²) in [5.41, 5.74) is -1.67. The lowest BCUT2D eigenvalue weighted by Crippen LogP contribution is -2.13. The number of fused-ring (bicyclic) bond motifs is 1. The lowest BCUT2D eigenvalue weighted by atomic mass is 9.83. The number of benzene rings is 6. The molecule has 60 heavy (non-hydrogen) atoms. The molecule has 0 aliphatic carbocycles. The summed E-state index contributed by atoms with van der Waals surface area (Å²) >= 11 is 0. The fourth-order valence-electron chi connectivity index (χ4n) is 7.46. The molecule has 0 saturated heterocycles. The van der Waals surface area contributed by atoms with Gasteiger partial charge in [-0.25, -0.2) is 4.98 Å². The number of imidazole rings is 1. The molecule has 0 aliphatic rings. The number of rotatable bonds is 6. The zero-order chi connectivity index (χ0) is 58.8. The summed E-state index contributed by atoms with van der Waals surface area (Å²) in [6, 6.07) is 22.3. The third-order valence-electron chi connectivity index (χ3n) is 10.6. The predicted octanol–water partition coefficient (Wildman–Crippen LogP) is 15.0. The topological polar surface area (TPSA) is 50.9 Å². The van der Waals surface area contributed by atoms with Crippen LogP contribution >= 0.6 is 0 Å². The van der Waals surface area contributed by atoms with E-state index in [9.17, 15) is 6.48 Å². The summed E-state index contributed by atoms with van der Waals surface area (Å²) in [5, 5.41) is 12.4. The van der Waals surface area contributed by atoms with E-state index in [0.717, 1.165) is 5.56 Å². The first-order valence-electron chi connectivity index (χ1n) is 29.1. The zero-order valence-electron chi connectivity index (χ0n) is 53.5. The van der Waals surface area contributed by atoms with Crippen LogP contribution in [0.3, 0.4) is 0 Å². The Hall–Kier alpha value is -6.26. The summed E-state index contributed by atoms with van der Waals surface area (Å²) in [4.78, 5) is 9.74. The lowest BCUT2D eigenvalue weighted by Gasteiger charge is -2.24. The summed E-state index contributed by atoms with van der Waals surface area (Å²) in [5.74, 6) is 0.0927. The van der Waals surface area contributed by atoms with Gasteiger partial charge in [0.05, 0.1) is 37.6 Å². The Morgan fingerprint density at radius 3 is 2.05 bits per heavy atom. The number of pyridine rings is 1. The number of aromatic nitrogens is 3. The highest BCUT2D eigenvalue weighted by Gasteiger charge is 2.28. The molecule has 0 atom stereocenters. The molecule has 4 nitrogen and oxygen atoms in total. The van der Waals surface area contributed by atoms with E-state index in [4.69, 9.17) is 29.7 Å². The first kappa shape index (κ1) is 23.5.